The van der Waals surface area contributed by atoms with Crippen LogP contribution < -0.4 is 14.8 Å². The van der Waals surface area contributed by atoms with Crippen molar-refractivity contribution in [1.29, 1.82) is 0 Å². The van der Waals surface area contributed by atoms with E-state index in [4.69, 9.17) is 14.6 Å². The summed E-state index contributed by atoms with van der Waals surface area (Å²) in [5.74, 6) is -0.393. The van der Waals surface area contributed by atoms with Crippen LogP contribution in [0.3, 0.4) is 0 Å². The third kappa shape index (κ3) is 3.69. The summed E-state index contributed by atoms with van der Waals surface area (Å²) in [6.07, 6.45) is -0.274. The Bertz CT molecular complexity index is 472. The molecule has 2 N–H and O–H groups in total. The molecule has 0 bridgehead atoms. The van der Waals surface area contributed by atoms with Crippen molar-refractivity contribution < 1.29 is 24.2 Å². The van der Waals surface area contributed by atoms with Gasteiger partial charge in [0.15, 0.2) is 17.3 Å². The van der Waals surface area contributed by atoms with Gasteiger partial charge in [-0.05, 0) is 25.2 Å². The maximum Gasteiger partial charge on any atom is 0.305 e. The second kappa shape index (κ2) is 6.75. The van der Waals surface area contributed by atoms with Crippen molar-refractivity contribution in [3.63, 3.8) is 0 Å². The second-order valence-electron chi connectivity index (χ2n) is 3.87. The Kier molecular flexibility index (Phi) is 5.32. The van der Waals surface area contributed by atoms with E-state index in [0.717, 1.165) is 0 Å². The van der Waals surface area contributed by atoms with Crippen LogP contribution in [0.1, 0.15) is 16.8 Å². The number of nitrogens with one attached hydrogen (secondary N) is 1. The molecule has 1 unspecified atom stereocenters. The Labute approximate surface area is 111 Å². The third-order valence-corrected chi connectivity index (χ3v) is 2.71. The summed E-state index contributed by atoms with van der Waals surface area (Å²) >= 11 is 0. The molecule has 1 aromatic carbocycles. The number of Topliss-reactive ketones (excluding diaryl/α,β-unsaturated/α-hetero) is 1. The highest BCUT2D eigenvalue weighted by atomic mass is 16.5. The number of carbonyl (C=O) groups is 2. The fraction of sp³-hybridized carbons (Fsp3) is 0.385. The summed E-state index contributed by atoms with van der Waals surface area (Å²) < 4.78 is 10.2. The van der Waals surface area contributed by atoms with Crippen molar-refractivity contribution in [3.8, 4) is 11.5 Å². The van der Waals surface area contributed by atoms with Gasteiger partial charge in [-0.3, -0.25) is 9.59 Å². The zero-order valence-electron chi connectivity index (χ0n) is 11.1. The van der Waals surface area contributed by atoms with Gasteiger partial charge in [0.1, 0.15) is 0 Å². The quantitative estimate of drug-likeness (QED) is 0.715. The van der Waals surface area contributed by atoms with E-state index in [1.165, 1.54) is 20.3 Å². The highest BCUT2D eigenvalue weighted by Crippen LogP contribution is 2.28. The Hall–Kier alpha value is -2.08. The van der Waals surface area contributed by atoms with E-state index in [0.29, 0.717) is 17.1 Å². The molecule has 0 aliphatic heterocycles. The van der Waals surface area contributed by atoms with Gasteiger partial charge in [0, 0.05) is 5.56 Å². The number of methoxy groups -OCH3 is 2. The van der Waals surface area contributed by atoms with Crippen LogP contribution in [-0.2, 0) is 4.79 Å². The first-order valence-electron chi connectivity index (χ1n) is 5.68. The Morgan fingerprint density at radius 3 is 2.37 bits per heavy atom. The molecular weight excluding hydrogens is 250 g/mol. The average Bonchev–Trinajstić information content (AvgIpc) is 2.42. The first kappa shape index (κ1) is 15.0. The lowest BCUT2D eigenvalue weighted by Gasteiger charge is -2.14. The first-order valence-corrected chi connectivity index (χ1v) is 5.68. The number of benzene rings is 1. The van der Waals surface area contributed by atoms with Crippen LogP contribution in [0.5, 0.6) is 11.5 Å². The highest BCUT2D eigenvalue weighted by Gasteiger charge is 2.22. The predicted molar refractivity (Wildman–Crippen MR) is 69.0 cm³/mol. The molecule has 0 spiro atoms. The summed E-state index contributed by atoms with van der Waals surface area (Å²) in [5.41, 5.74) is 0.373. The fourth-order valence-electron chi connectivity index (χ4n) is 1.69. The van der Waals surface area contributed by atoms with E-state index >= 15 is 0 Å². The molecule has 0 aliphatic rings. The van der Waals surface area contributed by atoms with Crippen molar-refractivity contribution >= 4 is 11.8 Å². The van der Waals surface area contributed by atoms with Crippen LogP contribution in [0, 0.1) is 0 Å². The van der Waals surface area contributed by atoms with Gasteiger partial charge >= 0.3 is 5.97 Å². The number of rotatable bonds is 7. The number of hydrogen-bond acceptors (Lipinski definition) is 5. The average molecular weight is 267 g/mol. The van der Waals surface area contributed by atoms with Crippen LogP contribution in [0.15, 0.2) is 18.2 Å². The normalized spacial score (nSPS) is 11.7. The number of ether oxygens (including phenoxy) is 2. The molecule has 0 aliphatic carbocycles. The number of likely N-dealkylation sites (N-methyl/N-ethyl adjacent to an activating group) is 1. The maximum absolute atomic E-state index is 12.2. The molecule has 6 heteroatoms. The van der Waals surface area contributed by atoms with E-state index in [9.17, 15) is 9.59 Å². The predicted octanol–water partition coefficient (Wildman–Crippen LogP) is 0.949. The summed E-state index contributed by atoms with van der Waals surface area (Å²) in [4.78, 5) is 22.8. The van der Waals surface area contributed by atoms with Gasteiger partial charge in [-0.1, -0.05) is 0 Å². The van der Waals surface area contributed by atoms with Gasteiger partial charge in [-0.2, -0.15) is 0 Å². The molecule has 19 heavy (non-hydrogen) atoms. The number of carboxylic acids is 1. The minimum absolute atomic E-state index is 0.274. The number of carboxylic acid groups (broad SMARTS) is 1. The monoisotopic (exact) mass is 267 g/mol. The molecule has 6 nitrogen and oxygen atoms in total. The van der Waals surface area contributed by atoms with Gasteiger partial charge in [0.2, 0.25) is 0 Å². The molecule has 1 atom stereocenters. The Balaban J connectivity index is 3.01. The van der Waals surface area contributed by atoms with E-state index in [2.05, 4.69) is 5.32 Å². The Morgan fingerprint density at radius 2 is 1.89 bits per heavy atom. The van der Waals surface area contributed by atoms with Crippen molar-refractivity contribution in [2.24, 2.45) is 0 Å². The van der Waals surface area contributed by atoms with Crippen molar-refractivity contribution in [3.05, 3.63) is 23.8 Å². The van der Waals surface area contributed by atoms with Gasteiger partial charge in [-0.25, -0.2) is 0 Å². The SMILES string of the molecule is CNC(CC(=O)O)C(=O)c1ccc(OC)c(OC)c1. The third-order valence-electron chi connectivity index (χ3n) is 2.71. The molecule has 1 aromatic rings. The lowest BCUT2D eigenvalue weighted by atomic mass is 10.0. The lowest BCUT2D eigenvalue weighted by Crippen LogP contribution is -2.36. The minimum atomic E-state index is -1.03. The molecule has 0 heterocycles. The van der Waals surface area contributed by atoms with E-state index in [1.54, 1.807) is 19.2 Å². The van der Waals surface area contributed by atoms with Crippen LogP contribution in [0.2, 0.25) is 0 Å². The fourth-order valence-corrected chi connectivity index (χ4v) is 1.69. The number of ketones is 1. The Morgan fingerprint density at radius 1 is 1.26 bits per heavy atom. The van der Waals surface area contributed by atoms with Gasteiger partial charge in [0.25, 0.3) is 0 Å². The molecule has 0 aromatic heterocycles. The lowest BCUT2D eigenvalue weighted by molar-refractivity contribution is -0.137. The van der Waals surface area contributed by atoms with Crippen LogP contribution in [0.4, 0.5) is 0 Å². The maximum atomic E-state index is 12.2. The standard InChI is InChI=1S/C13H17NO5/c1-14-9(7-12(15)16)13(17)8-4-5-10(18-2)11(6-8)19-3/h4-6,9,14H,7H2,1-3H3,(H,15,16). The van der Waals surface area contributed by atoms with E-state index in [1.807, 2.05) is 0 Å². The van der Waals surface area contributed by atoms with Crippen LogP contribution >= 0.6 is 0 Å². The zero-order chi connectivity index (χ0) is 14.4. The van der Waals surface area contributed by atoms with Gasteiger partial charge < -0.3 is 19.9 Å². The number of hydrogen-bond donors (Lipinski definition) is 2. The molecule has 0 radical (unpaired) electrons. The second-order valence-corrected chi connectivity index (χ2v) is 3.87. The van der Waals surface area contributed by atoms with E-state index < -0.39 is 12.0 Å². The minimum Gasteiger partial charge on any atom is -0.493 e. The molecule has 0 saturated carbocycles. The van der Waals surface area contributed by atoms with Gasteiger partial charge in [0.05, 0.1) is 26.7 Å². The molecule has 0 fully saturated rings. The smallest absolute Gasteiger partial charge is 0.305 e. The van der Waals surface area contributed by atoms with Crippen molar-refractivity contribution in [2.75, 3.05) is 21.3 Å². The van der Waals surface area contributed by atoms with Crippen LogP contribution in [-0.4, -0.2) is 44.2 Å². The first-order chi connectivity index (χ1) is 9.03. The largest absolute Gasteiger partial charge is 0.493 e. The summed E-state index contributed by atoms with van der Waals surface area (Å²) in [6, 6.07) is 3.96. The molecule has 0 saturated heterocycles. The van der Waals surface area contributed by atoms with Crippen LogP contribution in [0.25, 0.3) is 0 Å². The van der Waals surface area contributed by atoms with Crippen molar-refractivity contribution in [1.82, 2.24) is 5.32 Å². The van der Waals surface area contributed by atoms with Crippen molar-refractivity contribution in [2.45, 2.75) is 12.5 Å². The molecule has 1 rings (SSSR count). The highest BCUT2D eigenvalue weighted by molar-refractivity contribution is 6.02. The van der Waals surface area contributed by atoms with Gasteiger partial charge in [-0.15, -0.1) is 0 Å². The number of aliphatic carboxylic acids is 1. The zero-order valence-corrected chi connectivity index (χ0v) is 11.1. The molecule has 0 amide bonds. The number of carbonyl (C=O) groups excluding carboxylic acids is 1. The molecule has 104 valence electrons. The summed E-state index contributed by atoms with van der Waals surface area (Å²) in [7, 11) is 4.52. The van der Waals surface area contributed by atoms with E-state index in [-0.39, 0.29) is 12.2 Å². The summed E-state index contributed by atoms with van der Waals surface area (Å²) in [6.45, 7) is 0. The topological polar surface area (TPSA) is 84.9 Å². The summed E-state index contributed by atoms with van der Waals surface area (Å²) in [5, 5.41) is 11.5. The molecular formula is C13H17NO5.